The molecular weight excluding hydrogens is 372 g/mol. The molecule has 0 atom stereocenters. The lowest BCUT2D eigenvalue weighted by atomic mass is 10.0. The summed E-state index contributed by atoms with van der Waals surface area (Å²) >= 11 is 0. The second kappa shape index (κ2) is 9.18. The second-order valence-corrected chi connectivity index (χ2v) is 9.18. The van der Waals surface area contributed by atoms with Crippen LogP contribution in [0.1, 0.15) is 31.2 Å². The van der Waals surface area contributed by atoms with Crippen molar-refractivity contribution >= 4 is 26.5 Å². The third-order valence-corrected chi connectivity index (χ3v) is 6.34. The van der Waals surface area contributed by atoms with Crippen LogP contribution in [-0.4, -0.2) is 43.1 Å². The first-order valence-electron chi connectivity index (χ1n) is 9.57. The van der Waals surface area contributed by atoms with Crippen LogP contribution in [0.15, 0.2) is 42.7 Å². The van der Waals surface area contributed by atoms with Crippen molar-refractivity contribution in [2.24, 2.45) is 0 Å². The van der Waals surface area contributed by atoms with E-state index in [2.05, 4.69) is 34.6 Å². The van der Waals surface area contributed by atoms with Crippen molar-refractivity contribution in [1.82, 2.24) is 9.29 Å². The highest BCUT2D eigenvalue weighted by molar-refractivity contribution is 7.88. The van der Waals surface area contributed by atoms with Crippen LogP contribution in [0.25, 0.3) is 10.8 Å². The van der Waals surface area contributed by atoms with E-state index in [1.165, 1.54) is 11.8 Å². The lowest BCUT2D eigenvalue weighted by Gasteiger charge is -2.31. The van der Waals surface area contributed by atoms with Gasteiger partial charge in [-0.05, 0) is 48.8 Å². The Morgan fingerprint density at radius 3 is 2.82 bits per heavy atom. The number of sulfonamides is 1. The van der Waals surface area contributed by atoms with Gasteiger partial charge in [-0.3, -0.25) is 4.98 Å². The molecule has 0 radical (unpaired) electrons. The predicted molar refractivity (Wildman–Crippen MR) is 112 cm³/mol. The van der Waals surface area contributed by atoms with Crippen LogP contribution in [0.3, 0.4) is 0 Å². The highest BCUT2D eigenvalue weighted by Gasteiger charge is 2.25. The molecule has 2 heterocycles. The molecule has 0 aliphatic carbocycles. The number of fused-ring (bicyclic) bond motifs is 1. The maximum Gasteiger partial charge on any atom is 0.211 e. The summed E-state index contributed by atoms with van der Waals surface area (Å²) in [7, 11) is -3.11. The Morgan fingerprint density at radius 1 is 1.32 bits per heavy atom. The molecule has 6 nitrogen and oxygen atoms in total. The Labute approximate surface area is 166 Å². The number of piperidine rings is 1. The van der Waals surface area contributed by atoms with Gasteiger partial charge in [-0.15, -0.1) is 0 Å². The highest BCUT2D eigenvalue weighted by Crippen LogP contribution is 2.28. The zero-order chi connectivity index (χ0) is 20.0. The number of pyridine rings is 1. The number of hydrogen-bond acceptors (Lipinski definition) is 5. The summed E-state index contributed by atoms with van der Waals surface area (Å²) in [6.07, 6.45) is 12.8. The fourth-order valence-corrected chi connectivity index (χ4v) is 4.41. The van der Waals surface area contributed by atoms with Gasteiger partial charge in [0.05, 0.1) is 12.3 Å². The van der Waals surface area contributed by atoms with E-state index in [0.717, 1.165) is 42.1 Å². The summed E-state index contributed by atoms with van der Waals surface area (Å²) in [5.74, 6) is 0. The van der Waals surface area contributed by atoms with E-state index < -0.39 is 10.0 Å². The molecule has 7 heteroatoms. The SMILES string of the molecule is CS(=O)(=O)N1CCC(Nc2cc(C/C=C/CCC#N)cc3ccncc23)CC1. The maximum atomic E-state index is 11.7. The normalized spacial score (nSPS) is 16.4. The monoisotopic (exact) mass is 398 g/mol. The highest BCUT2D eigenvalue weighted by atomic mass is 32.2. The van der Waals surface area contributed by atoms with Gasteiger partial charge in [0.25, 0.3) is 0 Å². The number of rotatable bonds is 7. The smallest absolute Gasteiger partial charge is 0.211 e. The molecule has 1 aliphatic rings. The first-order valence-corrected chi connectivity index (χ1v) is 11.4. The Morgan fingerprint density at radius 2 is 2.11 bits per heavy atom. The molecule has 1 aliphatic heterocycles. The summed E-state index contributed by atoms with van der Waals surface area (Å²) in [5, 5.41) is 14.4. The van der Waals surface area contributed by atoms with Crippen molar-refractivity contribution in [3.8, 4) is 6.07 Å². The van der Waals surface area contributed by atoms with E-state index >= 15 is 0 Å². The van der Waals surface area contributed by atoms with Crippen LogP contribution in [0.2, 0.25) is 0 Å². The molecule has 0 amide bonds. The van der Waals surface area contributed by atoms with E-state index in [1.54, 1.807) is 10.5 Å². The number of nitrogens with one attached hydrogen (secondary N) is 1. The molecule has 1 N–H and O–H groups in total. The average Bonchev–Trinajstić information content (AvgIpc) is 2.67. The fraction of sp³-hybridized carbons (Fsp3) is 0.429. The molecular formula is C21H26N4O2S. The number of allylic oxidation sites excluding steroid dienone is 2. The van der Waals surface area contributed by atoms with E-state index in [9.17, 15) is 8.42 Å². The van der Waals surface area contributed by atoms with Gasteiger partial charge in [-0.2, -0.15) is 5.26 Å². The van der Waals surface area contributed by atoms with Crippen LogP contribution in [0.5, 0.6) is 0 Å². The van der Waals surface area contributed by atoms with Gasteiger partial charge < -0.3 is 5.32 Å². The topological polar surface area (TPSA) is 86.1 Å². The van der Waals surface area contributed by atoms with Crippen molar-refractivity contribution in [2.75, 3.05) is 24.7 Å². The van der Waals surface area contributed by atoms with Crippen LogP contribution in [-0.2, 0) is 16.4 Å². The number of aromatic nitrogens is 1. The summed E-state index contributed by atoms with van der Waals surface area (Å²) in [6.45, 7) is 1.10. The Hall–Kier alpha value is -2.43. The number of nitrogens with zero attached hydrogens (tertiary/aromatic N) is 3. The summed E-state index contributed by atoms with van der Waals surface area (Å²) in [6, 6.07) is 8.72. The molecule has 2 aromatic rings. The van der Waals surface area contributed by atoms with Crippen molar-refractivity contribution in [3.05, 3.63) is 48.3 Å². The quantitative estimate of drug-likeness (QED) is 0.570. The fourth-order valence-electron chi connectivity index (χ4n) is 3.53. The van der Waals surface area contributed by atoms with E-state index in [-0.39, 0.29) is 6.04 Å². The molecule has 0 bridgehead atoms. The number of anilines is 1. The summed E-state index contributed by atoms with van der Waals surface area (Å²) in [5.41, 5.74) is 2.24. The molecule has 1 saturated heterocycles. The van der Waals surface area contributed by atoms with Crippen molar-refractivity contribution in [1.29, 1.82) is 5.26 Å². The molecule has 3 rings (SSSR count). The Bertz CT molecular complexity index is 987. The molecule has 28 heavy (non-hydrogen) atoms. The lowest BCUT2D eigenvalue weighted by Crippen LogP contribution is -2.41. The van der Waals surface area contributed by atoms with Gasteiger partial charge in [-0.1, -0.05) is 18.2 Å². The summed E-state index contributed by atoms with van der Waals surface area (Å²) < 4.78 is 25.0. The number of unbranched alkanes of at least 4 members (excludes halogenated alkanes) is 1. The van der Waals surface area contributed by atoms with Gasteiger partial charge in [-0.25, -0.2) is 12.7 Å². The van der Waals surface area contributed by atoms with Gasteiger partial charge in [0, 0.05) is 49.0 Å². The van der Waals surface area contributed by atoms with E-state index in [0.29, 0.717) is 19.5 Å². The zero-order valence-electron chi connectivity index (χ0n) is 16.1. The minimum atomic E-state index is -3.11. The third kappa shape index (κ3) is 5.31. The maximum absolute atomic E-state index is 11.7. The largest absolute Gasteiger partial charge is 0.382 e. The molecule has 1 aromatic carbocycles. The Kier molecular flexibility index (Phi) is 6.65. The lowest BCUT2D eigenvalue weighted by molar-refractivity contribution is 0.332. The van der Waals surface area contributed by atoms with Crippen LogP contribution in [0, 0.1) is 11.3 Å². The predicted octanol–water partition coefficient (Wildman–Crippen LogP) is 3.47. The number of benzene rings is 1. The molecule has 148 valence electrons. The number of hydrogen-bond donors (Lipinski definition) is 1. The molecule has 0 spiro atoms. The average molecular weight is 399 g/mol. The van der Waals surface area contributed by atoms with Gasteiger partial charge in [0.2, 0.25) is 10.0 Å². The minimum Gasteiger partial charge on any atom is -0.382 e. The van der Waals surface area contributed by atoms with E-state index in [1.807, 2.05) is 18.3 Å². The van der Waals surface area contributed by atoms with Crippen molar-refractivity contribution in [2.45, 2.75) is 38.1 Å². The van der Waals surface area contributed by atoms with Crippen LogP contribution >= 0.6 is 0 Å². The first kappa shape index (κ1) is 20.3. The van der Waals surface area contributed by atoms with Crippen LogP contribution in [0.4, 0.5) is 5.69 Å². The third-order valence-electron chi connectivity index (χ3n) is 5.04. The molecule has 0 unspecified atom stereocenters. The molecule has 1 aromatic heterocycles. The first-order chi connectivity index (χ1) is 13.5. The molecule has 0 saturated carbocycles. The number of nitriles is 1. The van der Waals surface area contributed by atoms with Gasteiger partial charge in [0.1, 0.15) is 0 Å². The van der Waals surface area contributed by atoms with Crippen molar-refractivity contribution < 1.29 is 8.42 Å². The second-order valence-electron chi connectivity index (χ2n) is 7.19. The van der Waals surface area contributed by atoms with Crippen LogP contribution < -0.4 is 5.32 Å². The Balaban J connectivity index is 1.74. The van der Waals surface area contributed by atoms with E-state index in [4.69, 9.17) is 5.26 Å². The summed E-state index contributed by atoms with van der Waals surface area (Å²) in [4.78, 5) is 4.26. The van der Waals surface area contributed by atoms with Crippen molar-refractivity contribution in [3.63, 3.8) is 0 Å². The molecule has 1 fully saturated rings. The minimum absolute atomic E-state index is 0.239. The standard InChI is InChI=1S/C21H26N4O2S/c1-28(26,27)25-12-8-19(9-13-25)24-21-15-17(6-4-2-3-5-10-22)14-18-7-11-23-16-20(18)21/h2,4,7,11,14-16,19,24H,3,5-6,8-9,12-13H2,1H3/b4-2+. The van der Waals surface area contributed by atoms with Gasteiger partial charge >= 0.3 is 0 Å². The zero-order valence-corrected chi connectivity index (χ0v) is 17.0. The van der Waals surface area contributed by atoms with Gasteiger partial charge in [0.15, 0.2) is 0 Å².